The second kappa shape index (κ2) is 6.70. The fraction of sp³-hybridized carbons (Fsp3) is 0.714. The summed E-state index contributed by atoms with van der Waals surface area (Å²) in [4.78, 5) is 12.9. The molecule has 0 bridgehead atoms. The summed E-state index contributed by atoms with van der Waals surface area (Å²) in [5, 5.41) is 13.4. The molecule has 0 aliphatic rings. The first-order chi connectivity index (χ1) is 8.92. The molecule has 0 aliphatic carbocycles. The van der Waals surface area contributed by atoms with Gasteiger partial charge in [-0.1, -0.05) is 6.92 Å². The van der Waals surface area contributed by atoms with Gasteiger partial charge in [0.1, 0.15) is 0 Å². The van der Waals surface area contributed by atoms with Gasteiger partial charge in [0.2, 0.25) is 0 Å². The highest BCUT2D eigenvalue weighted by Crippen LogP contribution is 2.26. The van der Waals surface area contributed by atoms with Crippen LogP contribution in [-0.2, 0) is 11.3 Å². The molecule has 0 fully saturated rings. The third-order valence-corrected chi connectivity index (χ3v) is 3.72. The van der Waals surface area contributed by atoms with Crippen LogP contribution in [0.3, 0.4) is 0 Å². The number of rotatable bonds is 7. The molecule has 1 aromatic rings. The predicted molar refractivity (Wildman–Crippen MR) is 75.3 cm³/mol. The zero-order chi connectivity index (χ0) is 14.6. The first-order valence-electron chi connectivity index (χ1n) is 6.92. The van der Waals surface area contributed by atoms with Crippen molar-refractivity contribution in [2.24, 2.45) is 0 Å². The van der Waals surface area contributed by atoms with E-state index in [1.165, 1.54) is 11.3 Å². The van der Waals surface area contributed by atoms with E-state index in [2.05, 4.69) is 37.7 Å². The SMILES string of the molecule is CCN(CCC(=O)O)C(C)c1c(C)nn(CC)c1C. The molecule has 0 aliphatic heterocycles. The number of aliphatic carboxylic acids is 1. The number of nitrogens with zero attached hydrogens (tertiary/aromatic N) is 3. The summed E-state index contributed by atoms with van der Waals surface area (Å²) < 4.78 is 2.01. The third-order valence-electron chi connectivity index (χ3n) is 3.72. The Balaban J connectivity index is 2.93. The summed E-state index contributed by atoms with van der Waals surface area (Å²) in [6.07, 6.45) is 0.179. The van der Waals surface area contributed by atoms with Gasteiger partial charge in [-0.3, -0.25) is 14.4 Å². The van der Waals surface area contributed by atoms with Crippen LogP contribution in [0.1, 0.15) is 50.2 Å². The summed E-state index contributed by atoms with van der Waals surface area (Å²) in [5.74, 6) is -0.747. The van der Waals surface area contributed by atoms with Gasteiger partial charge in [0.15, 0.2) is 0 Å². The smallest absolute Gasteiger partial charge is 0.304 e. The monoisotopic (exact) mass is 267 g/mol. The largest absolute Gasteiger partial charge is 0.481 e. The van der Waals surface area contributed by atoms with E-state index in [1.807, 2.05) is 11.6 Å². The number of carboxylic acid groups (broad SMARTS) is 1. The highest BCUT2D eigenvalue weighted by molar-refractivity contribution is 5.66. The molecule has 1 atom stereocenters. The number of carboxylic acids is 1. The molecule has 1 unspecified atom stereocenters. The Morgan fingerprint density at radius 1 is 1.42 bits per heavy atom. The molecule has 5 heteroatoms. The molecular weight excluding hydrogens is 242 g/mol. The molecule has 0 amide bonds. The van der Waals surface area contributed by atoms with E-state index in [1.54, 1.807) is 0 Å². The highest BCUT2D eigenvalue weighted by Gasteiger charge is 2.22. The molecule has 0 radical (unpaired) electrons. The number of aromatic nitrogens is 2. The molecule has 1 aromatic heterocycles. The van der Waals surface area contributed by atoms with Crippen LogP contribution in [0.15, 0.2) is 0 Å². The summed E-state index contributed by atoms with van der Waals surface area (Å²) in [6, 6.07) is 0.199. The number of carbonyl (C=O) groups is 1. The lowest BCUT2D eigenvalue weighted by Gasteiger charge is -2.27. The van der Waals surface area contributed by atoms with Crippen LogP contribution in [0, 0.1) is 13.8 Å². The van der Waals surface area contributed by atoms with E-state index < -0.39 is 5.97 Å². The van der Waals surface area contributed by atoms with E-state index >= 15 is 0 Å². The summed E-state index contributed by atoms with van der Waals surface area (Å²) in [7, 11) is 0. The van der Waals surface area contributed by atoms with Crippen molar-refractivity contribution in [1.29, 1.82) is 0 Å². The van der Waals surface area contributed by atoms with Gasteiger partial charge in [-0.25, -0.2) is 0 Å². The van der Waals surface area contributed by atoms with Gasteiger partial charge in [-0.2, -0.15) is 5.10 Å². The first-order valence-corrected chi connectivity index (χ1v) is 6.92. The summed E-state index contributed by atoms with van der Waals surface area (Å²) in [5.41, 5.74) is 3.45. The van der Waals surface area contributed by atoms with E-state index in [9.17, 15) is 4.79 Å². The number of aryl methyl sites for hydroxylation is 2. The van der Waals surface area contributed by atoms with Gasteiger partial charge in [-0.05, 0) is 34.2 Å². The van der Waals surface area contributed by atoms with Crippen LogP contribution >= 0.6 is 0 Å². The number of hydrogen-bond acceptors (Lipinski definition) is 3. The van der Waals surface area contributed by atoms with Gasteiger partial charge in [-0.15, -0.1) is 0 Å². The standard InChI is InChI=1S/C14H25N3O2/c1-6-16(9-8-13(18)19)11(4)14-10(3)15-17(7-2)12(14)5/h11H,6-9H2,1-5H3,(H,18,19). The van der Waals surface area contributed by atoms with E-state index in [4.69, 9.17) is 5.11 Å². The fourth-order valence-electron chi connectivity index (χ4n) is 2.67. The van der Waals surface area contributed by atoms with Crippen molar-refractivity contribution in [2.75, 3.05) is 13.1 Å². The molecule has 0 aromatic carbocycles. The van der Waals surface area contributed by atoms with Crippen LogP contribution in [0.2, 0.25) is 0 Å². The molecule has 19 heavy (non-hydrogen) atoms. The normalized spacial score (nSPS) is 12.9. The molecule has 1 N–H and O–H groups in total. The predicted octanol–water partition coefficient (Wildman–Crippen LogP) is 2.38. The molecule has 1 heterocycles. The lowest BCUT2D eigenvalue weighted by Crippen LogP contribution is -2.29. The molecule has 0 saturated carbocycles. The quantitative estimate of drug-likeness (QED) is 0.824. The lowest BCUT2D eigenvalue weighted by molar-refractivity contribution is -0.137. The number of hydrogen-bond donors (Lipinski definition) is 1. The van der Waals surface area contributed by atoms with Crippen LogP contribution in [0.25, 0.3) is 0 Å². The average molecular weight is 267 g/mol. The zero-order valence-electron chi connectivity index (χ0n) is 12.6. The fourth-order valence-corrected chi connectivity index (χ4v) is 2.67. The van der Waals surface area contributed by atoms with Crippen molar-refractivity contribution in [3.8, 4) is 0 Å². The zero-order valence-corrected chi connectivity index (χ0v) is 12.6. The Hall–Kier alpha value is -1.36. The maximum absolute atomic E-state index is 10.7. The van der Waals surface area contributed by atoms with E-state index in [-0.39, 0.29) is 12.5 Å². The van der Waals surface area contributed by atoms with Crippen LogP contribution in [0.5, 0.6) is 0 Å². The average Bonchev–Trinajstić information content (AvgIpc) is 2.64. The minimum atomic E-state index is -0.747. The Morgan fingerprint density at radius 3 is 2.47 bits per heavy atom. The maximum Gasteiger partial charge on any atom is 0.304 e. The van der Waals surface area contributed by atoms with E-state index in [0.717, 1.165) is 18.8 Å². The summed E-state index contributed by atoms with van der Waals surface area (Å²) >= 11 is 0. The molecule has 1 rings (SSSR count). The minimum Gasteiger partial charge on any atom is -0.481 e. The van der Waals surface area contributed by atoms with Gasteiger partial charge >= 0.3 is 5.97 Å². The van der Waals surface area contributed by atoms with Crippen LogP contribution in [0.4, 0.5) is 0 Å². The Bertz CT molecular complexity index is 440. The summed E-state index contributed by atoms with van der Waals surface area (Å²) in [6.45, 7) is 12.6. The second-order valence-electron chi connectivity index (χ2n) is 4.85. The van der Waals surface area contributed by atoms with Crippen LogP contribution in [-0.4, -0.2) is 38.8 Å². The lowest BCUT2D eigenvalue weighted by atomic mass is 10.0. The van der Waals surface area contributed by atoms with Gasteiger partial charge < -0.3 is 5.11 Å². The van der Waals surface area contributed by atoms with Crippen molar-refractivity contribution < 1.29 is 9.90 Å². The Labute approximate surface area is 115 Å². The minimum absolute atomic E-state index is 0.179. The van der Waals surface area contributed by atoms with Gasteiger partial charge in [0.25, 0.3) is 0 Å². The highest BCUT2D eigenvalue weighted by atomic mass is 16.4. The van der Waals surface area contributed by atoms with E-state index in [0.29, 0.717) is 6.54 Å². The molecule has 0 spiro atoms. The maximum atomic E-state index is 10.7. The molecule has 108 valence electrons. The van der Waals surface area contributed by atoms with Crippen LogP contribution < -0.4 is 0 Å². The Kier molecular flexibility index (Phi) is 5.54. The van der Waals surface area contributed by atoms with Crippen molar-refractivity contribution >= 4 is 5.97 Å². The molecule has 5 nitrogen and oxygen atoms in total. The molecule has 0 saturated heterocycles. The van der Waals surface area contributed by atoms with Gasteiger partial charge in [0, 0.05) is 30.4 Å². The van der Waals surface area contributed by atoms with Gasteiger partial charge in [0.05, 0.1) is 12.1 Å². The van der Waals surface area contributed by atoms with Crippen molar-refractivity contribution in [3.63, 3.8) is 0 Å². The third kappa shape index (κ3) is 3.56. The second-order valence-corrected chi connectivity index (χ2v) is 4.85. The Morgan fingerprint density at radius 2 is 2.05 bits per heavy atom. The van der Waals surface area contributed by atoms with Crippen molar-refractivity contribution in [1.82, 2.24) is 14.7 Å². The van der Waals surface area contributed by atoms with Crippen molar-refractivity contribution in [2.45, 2.75) is 53.6 Å². The van der Waals surface area contributed by atoms with Crippen molar-refractivity contribution in [3.05, 3.63) is 17.0 Å². The first kappa shape index (κ1) is 15.7. The molecular formula is C14H25N3O2. The topological polar surface area (TPSA) is 58.4 Å².